The van der Waals surface area contributed by atoms with Crippen LogP contribution in [0.25, 0.3) is 0 Å². The quantitative estimate of drug-likeness (QED) is 0.891. The number of aromatic amines is 1. The number of hydrogen-bond acceptors (Lipinski definition) is 3. The van der Waals surface area contributed by atoms with Gasteiger partial charge in [0.15, 0.2) is 0 Å². The molecular weight excluding hydrogens is 295 g/mol. The highest BCUT2D eigenvalue weighted by atomic mass is 35.5. The first-order valence-corrected chi connectivity index (χ1v) is 6.83. The van der Waals surface area contributed by atoms with Crippen LogP contribution in [0, 0.1) is 5.82 Å². The Kier molecular flexibility index (Phi) is 5.12. The van der Waals surface area contributed by atoms with Gasteiger partial charge < -0.3 is 10.1 Å². The number of halogens is 2. The van der Waals surface area contributed by atoms with Gasteiger partial charge in [0.2, 0.25) is 5.56 Å². The summed E-state index contributed by atoms with van der Waals surface area (Å²) >= 11 is 5.61. The van der Waals surface area contributed by atoms with Crippen molar-refractivity contribution in [2.45, 2.75) is 12.6 Å². The van der Waals surface area contributed by atoms with E-state index in [1.165, 1.54) is 18.2 Å². The highest BCUT2D eigenvalue weighted by Gasteiger charge is 2.13. The summed E-state index contributed by atoms with van der Waals surface area (Å²) in [5, 5.41) is 10.1. The van der Waals surface area contributed by atoms with E-state index in [0.717, 1.165) is 5.69 Å². The van der Waals surface area contributed by atoms with E-state index in [4.69, 9.17) is 11.6 Å². The summed E-state index contributed by atoms with van der Waals surface area (Å²) in [5.41, 5.74) is 1.05. The third kappa shape index (κ3) is 4.39. The monoisotopic (exact) mass is 310 g/mol. The summed E-state index contributed by atoms with van der Waals surface area (Å²) in [6.07, 6.45) is -0.836. The molecule has 1 aromatic heterocycles. The predicted octanol–water partition coefficient (Wildman–Crippen LogP) is 2.33. The minimum absolute atomic E-state index is 0.0289. The smallest absolute Gasteiger partial charge is 0.248 e. The Balaban J connectivity index is 1.99. The molecule has 1 heterocycles. The SMILES string of the molecule is CN(Cc1cccc(=O)[nH]1)CC(O)c1ccc(Cl)c(F)c1. The van der Waals surface area contributed by atoms with Gasteiger partial charge in [0.05, 0.1) is 11.1 Å². The maximum absolute atomic E-state index is 13.4. The number of H-pyrrole nitrogens is 1. The maximum atomic E-state index is 13.4. The van der Waals surface area contributed by atoms with Crippen molar-refractivity contribution in [1.82, 2.24) is 9.88 Å². The number of rotatable bonds is 5. The van der Waals surface area contributed by atoms with Crippen LogP contribution in [0.4, 0.5) is 4.39 Å². The molecule has 0 aliphatic carbocycles. The van der Waals surface area contributed by atoms with Crippen LogP contribution in [0.5, 0.6) is 0 Å². The van der Waals surface area contributed by atoms with Crippen molar-refractivity contribution < 1.29 is 9.50 Å². The average Bonchev–Trinajstić information content (AvgIpc) is 2.41. The zero-order valence-electron chi connectivity index (χ0n) is 11.5. The Morgan fingerprint density at radius 3 is 2.81 bits per heavy atom. The van der Waals surface area contributed by atoms with Crippen molar-refractivity contribution in [3.63, 3.8) is 0 Å². The van der Waals surface area contributed by atoms with Gasteiger partial charge in [-0.1, -0.05) is 23.7 Å². The van der Waals surface area contributed by atoms with Crippen LogP contribution in [0.15, 0.2) is 41.2 Å². The lowest BCUT2D eigenvalue weighted by atomic mass is 10.1. The van der Waals surface area contributed by atoms with Crippen LogP contribution in [-0.2, 0) is 6.54 Å². The first-order valence-electron chi connectivity index (χ1n) is 6.45. The fraction of sp³-hybridized carbons (Fsp3) is 0.267. The molecule has 0 aliphatic rings. The maximum Gasteiger partial charge on any atom is 0.248 e. The zero-order valence-corrected chi connectivity index (χ0v) is 12.3. The van der Waals surface area contributed by atoms with Crippen LogP contribution in [0.2, 0.25) is 5.02 Å². The molecule has 0 amide bonds. The summed E-state index contributed by atoms with van der Waals surface area (Å²) in [5.74, 6) is -0.553. The lowest BCUT2D eigenvalue weighted by molar-refractivity contribution is 0.123. The summed E-state index contributed by atoms with van der Waals surface area (Å²) in [4.78, 5) is 15.8. The third-order valence-corrected chi connectivity index (χ3v) is 3.39. The lowest BCUT2D eigenvalue weighted by Gasteiger charge is -2.20. The van der Waals surface area contributed by atoms with E-state index in [-0.39, 0.29) is 10.6 Å². The van der Waals surface area contributed by atoms with Crippen LogP contribution in [0.1, 0.15) is 17.4 Å². The number of aliphatic hydroxyl groups excluding tert-OH is 1. The topological polar surface area (TPSA) is 56.3 Å². The number of aliphatic hydroxyl groups is 1. The molecule has 2 aromatic rings. The summed E-state index contributed by atoms with van der Waals surface area (Å²) in [6, 6.07) is 9.15. The molecule has 4 nitrogen and oxygen atoms in total. The molecule has 0 saturated carbocycles. The molecule has 2 rings (SSSR count). The molecule has 1 aromatic carbocycles. The molecule has 2 N–H and O–H groups in total. The van der Waals surface area contributed by atoms with Gasteiger partial charge in [0.1, 0.15) is 5.82 Å². The highest BCUT2D eigenvalue weighted by Crippen LogP contribution is 2.21. The van der Waals surface area contributed by atoms with Crippen molar-refractivity contribution in [1.29, 1.82) is 0 Å². The molecule has 1 atom stereocenters. The number of likely N-dealkylation sites (N-methyl/N-ethyl adjacent to an activating group) is 1. The van der Waals surface area contributed by atoms with Gasteiger partial charge in [0.25, 0.3) is 0 Å². The molecular formula is C15H16ClFN2O2. The van der Waals surface area contributed by atoms with E-state index >= 15 is 0 Å². The second kappa shape index (κ2) is 6.85. The van der Waals surface area contributed by atoms with Gasteiger partial charge in [-0.25, -0.2) is 4.39 Å². The van der Waals surface area contributed by atoms with Crippen molar-refractivity contribution in [3.8, 4) is 0 Å². The molecule has 0 radical (unpaired) electrons. The summed E-state index contributed by atoms with van der Waals surface area (Å²) in [6.45, 7) is 0.779. The van der Waals surface area contributed by atoms with Crippen molar-refractivity contribution in [2.75, 3.05) is 13.6 Å². The van der Waals surface area contributed by atoms with Crippen molar-refractivity contribution in [3.05, 3.63) is 68.8 Å². The van der Waals surface area contributed by atoms with E-state index in [1.54, 1.807) is 25.2 Å². The number of hydrogen-bond donors (Lipinski definition) is 2. The predicted molar refractivity (Wildman–Crippen MR) is 79.8 cm³/mol. The van der Waals surface area contributed by atoms with Crippen molar-refractivity contribution >= 4 is 11.6 Å². The molecule has 112 valence electrons. The first kappa shape index (κ1) is 15.7. The van der Waals surface area contributed by atoms with E-state index in [0.29, 0.717) is 18.7 Å². The number of nitrogens with zero attached hydrogens (tertiary/aromatic N) is 1. The Morgan fingerprint density at radius 2 is 2.14 bits per heavy atom. The van der Waals surface area contributed by atoms with Gasteiger partial charge in [0, 0.05) is 24.8 Å². The Labute approximate surface area is 126 Å². The minimum Gasteiger partial charge on any atom is -0.387 e. The first-order chi connectivity index (χ1) is 9.95. The molecule has 0 spiro atoms. The minimum atomic E-state index is -0.836. The highest BCUT2D eigenvalue weighted by molar-refractivity contribution is 6.30. The van der Waals surface area contributed by atoms with Gasteiger partial charge in [-0.05, 0) is 30.8 Å². The van der Waals surface area contributed by atoms with E-state index in [2.05, 4.69) is 4.98 Å². The van der Waals surface area contributed by atoms with E-state index < -0.39 is 11.9 Å². The van der Waals surface area contributed by atoms with E-state index in [9.17, 15) is 14.3 Å². The van der Waals surface area contributed by atoms with Crippen LogP contribution < -0.4 is 5.56 Å². The molecule has 6 heteroatoms. The van der Waals surface area contributed by atoms with Gasteiger partial charge >= 0.3 is 0 Å². The zero-order chi connectivity index (χ0) is 15.4. The van der Waals surface area contributed by atoms with Crippen LogP contribution in [0.3, 0.4) is 0 Å². The molecule has 0 saturated heterocycles. The molecule has 0 bridgehead atoms. The normalized spacial score (nSPS) is 12.6. The summed E-state index contributed by atoms with van der Waals surface area (Å²) < 4.78 is 13.4. The number of pyridine rings is 1. The second-order valence-electron chi connectivity index (χ2n) is 4.93. The molecule has 1 unspecified atom stereocenters. The largest absolute Gasteiger partial charge is 0.387 e. The lowest BCUT2D eigenvalue weighted by Crippen LogP contribution is -2.25. The third-order valence-electron chi connectivity index (χ3n) is 3.08. The van der Waals surface area contributed by atoms with Crippen molar-refractivity contribution in [2.24, 2.45) is 0 Å². The fourth-order valence-electron chi connectivity index (χ4n) is 2.06. The number of benzene rings is 1. The van der Waals surface area contributed by atoms with Gasteiger partial charge in [-0.2, -0.15) is 0 Å². The number of nitrogens with one attached hydrogen (secondary N) is 1. The summed E-state index contributed by atoms with van der Waals surface area (Å²) in [7, 11) is 1.81. The average molecular weight is 311 g/mol. The van der Waals surface area contributed by atoms with Crippen LogP contribution >= 0.6 is 11.6 Å². The van der Waals surface area contributed by atoms with Gasteiger partial charge in [-0.3, -0.25) is 9.69 Å². The standard InChI is InChI=1S/C15H16ClFN2O2/c1-19(8-11-3-2-4-15(21)18-11)9-14(20)10-5-6-12(16)13(17)7-10/h2-7,14,20H,8-9H2,1H3,(H,18,21). The Morgan fingerprint density at radius 1 is 1.38 bits per heavy atom. The fourth-order valence-corrected chi connectivity index (χ4v) is 2.18. The second-order valence-corrected chi connectivity index (χ2v) is 5.33. The number of aromatic nitrogens is 1. The Hall–Kier alpha value is -1.69. The van der Waals surface area contributed by atoms with Crippen LogP contribution in [-0.4, -0.2) is 28.6 Å². The Bertz CT molecular complexity index is 675. The van der Waals surface area contributed by atoms with E-state index in [1.807, 2.05) is 4.90 Å². The molecule has 0 fully saturated rings. The van der Waals surface area contributed by atoms with Gasteiger partial charge in [-0.15, -0.1) is 0 Å². The molecule has 0 aliphatic heterocycles. The molecule has 21 heavy (non-hydrogen) atoms.